The van der Waals surface area contributed by atoms with Gasteiger partial charge < -0.3 is 29.9 Å². The minimum Gasteiger partial charge on any atom is -0.394 e. The van der Waals surface area contributed by atoms with E-state index in [4.69, 9.17) is 4.74 Å². The van der Waals surface area contributed by atoms with Crippen LogP contribution in [0.5, 0.6) is 0 Å². The summed E-state index contributed by atoms with van der Waals surface area (Å²) in [5.74, 6) is 0.714. The van der Waals surface area contributed by atoms with Gasteiger partial charge in [-0.05, 0) is 6.92 Å². The van der Waals surface area contributed by atoms with Gasteiger partial charge in [-0.2, -0.15) is 0 Å². The van der Waals surface area contributed by atoms with Gasteiger partial charge in [-0.3, -0.25) is 0 Å². The maximum atomic E-state index is 10.7. The first-order chi connectivity index (χ1) is 11.0. The van der Waals surface area contributed by atoms with Crippen LogP contribution in [0.4, 0.5) is 5.82 Å². The molecule has 4 rings (SSSR count). The van der Waals surface area contributed by atoms with Crippen molar-refractivity contribution in [1.29, 1.82) is 0 Å². The zero-order valence-corrected chi connectivity index (χ0v) is 12.5. The monoisotopic (exact) mass is 318 g/mol. The van der Waals surface area contributed by atoms with Crippen molar-refractivity contribution >= 4 is 22.9 Å². The van der Waals surface area contributed by atoms with Crippen molar-refractivity contribution in [1.82, 2.24) is 14.5 Å². The SMILES string of the molecule is C[C@@]1(O)C(n2cc3c4c(ncnc42)NCC=C3)O[C@H](CO)[C@H]1O. The molecule has 0 aliphatic carbocycles. The van der Waals surface area contributed by atoms with E-state index in [2.05, 4.69) is 15.3 Å². The van der Waals surface area contributed by atoms with E-state index in [1.165, 1.54) is 13.3 Å². The van der Waals surface area contributed by atoms with E-state index in [1.54, 1.807) is 4.57 Å². The summed E-state index contributed by atoms with van der Waals surface area (Å²) in [7, 11) is 0. The average molecular weight is 318 g/mol. The Bertz CT molecular complexity index is 785. The van der Waals surface area contributed by atoms with Crippen molar-refractivity contribution in [3.8, 4) is 0 Å². The summed E-state index contributed by atoms with van der Waals surface area (Å²) in [5, 5.41) is 34.2. The van der Waals surface area contributed by atoms with Crippen molar-refractivity contribution in [2.24, 2.45) is 0 Å². The van der Waals surface area contributed by atoms with Crippen molar-refractivity contribution < 1.29 is 20.1 Å². The van der Waals surface area contributed by atoms with Gasteiger partial charge in [0.25, 0.3) is 0 Å². The summed E-state index contributed by atoms with van der Waals surface area (Å²) < 4.78 is 7.38. The van der Waals surface area contributed by atoms with Crippen LogP contribution in [0.2, 0.25) is 0 Å². The van der Waals surface area contributed by atoms with Crippen molar-refractivity contribution in [2.45, 2.75) is 31.0 Å². The Labute approximate surface area is 132 Å². The minimum atomic E-state index is -1.55. The molecule has 0 radical (unpaired) electrons. The Kier molecular flexibility index (Phi) is 3.17. The molecule has 0 spiro atoms. The van der Waals surface area contributed by atoms with E-state index in [0.717, 1.165) is 10.9 Å². The van der Waals surface area contributed by atoms with E-state index in [1.807, 2.05) is 18.3 Å². The van der Waals surface area contributed by atoms with Gasteiger partial charge in [0.15, 0.2) is 6.23 Å². The number of nitrogens with one attached hydrogen (secondary N) is 1. The van der Waals surface area contributed by atoms with Gasteiger partial charge in [0, 0.05) is 18.3 Å². The van der Waals surface area contributed by atoms with Gasteiger partial charge in [-0.15, -0.1) is 0 Å². The lowest BCUT2D eigenvalue weighted by Gasteiger charge is -2.27. The summed E-state index contributed by atoms with van der Waals surface area (Å²) in [5.41, 5.74) is -0.0507. The number of hydrogen-bond acceptors (Lipinski definition) is 7. The topological polar surface area (TPSA) is 113 Å². The molecule has 4 N–H and O–H groups in total. The van der Waals surface area contributed by atoms with Gasteiger partial charge in [0.1, 0.15) is 35.6 Å². The Morgan fingerprint density at radius 1 is 1.48 bits per heavy atom. The van der Waals surface area contributed by atoms with Crippen LogP contribution in [-0.2, 0) is 4.74 Å². The van der Waals surface area contributed by atoms with Gasteiger partial charge in [-0.25, -0.2) is 9.97 Å². The number of rotatable bonds is 2. The highest BCUT2D eigenvalue weighted by molar-refractivity contribution is 5.96. The zero-order chi connectivity index (χ0) is 16.2. The van der Waals surface area contributed by atoms with Crippen molar-refractivity contribution in [2.75, 3.05) is 18.5 Å². The fraction of sp³-hybridized carbons (Fsp3) is 0.467. The minimum absolute atomic E-state index is 0.373. The van der Waals surface area contributed by atoms with Crippen LogP contribution in [-0.4, -0.2) is 60.8 Å². The zero-order valence-electron chi connectivity index (χ0n) is 12.5. The second-order valence-corrected chi connectivity index (χ2v) is 6.08. The smallest absolute Gasteiger partial charge is 0.167 e. The molecule has 4 atom stereocenters. The molecule has 0 saturated carbocycles. The second kappa shape index (κ2) is 5.00. The predicted molar refractivity (Wildman–Crippen MR) is 82.7 cm³/mol. The molecule has 1 saturated heterocycles. The molecule has 8 heteroatoms. The first-order valence-electron chi connectivity index (χ1n) is 7.46. The van der Waals surface area contributed by atoms with Gasteiger partial charge in [0.2, 0.25) is 0 Å². The fourth-order valence-corrected chi connectivity index (χ4v) is 3.28. The molecule has 0 aromatic carbocycles. The lowest BCUT2D eigenvalue weighted by molar-refractivity contribution is -0.0948. The molecule has 1 unspecified atom stereocenters. The van der Waals surface area contributed by atoms with E-state index >= 15 is 0 Å². The molecule has 122 valence electrons. The third-order valence-electron chi connectivity index (χ3n) is 4.51. The van der Waals surface area contributed by atoms with Gasteiger partial charge >= 0.3 is 0 Å². The lowest BCUT2D eigenvalue weighted by Crippen LogP contribution is -2.44. The maximum Gasteiger partial charge on any atom is 0.167 e. The molecule has 1 fully saturated rings. The van der Waals surface area contributed by atoms with E-state index in [-0.39, 0.29) is 6.61 Å². The molecule has 4 heterocycles. The molecule has 0 bridgehead atoms. The third-order valence-corrected chi connectivity index (χ3v) is 4.51. The average Bonchev–Trinajstić information content (AvgIpc) is 2.90. The van der Waals surface area contributed by atoms with Crippen molar-refractivity contribution in [3.05, 3.63) is 24.2 Å². The van der Waals surface area contributed by atoms with Crippen LogP contribution >= 0.6 is 0 Å². The van der Waals surface area contributed by atoms with E-state index < -0.39 is 24.0 Å². The Hall–Kier alpha value is -2.00. The van der Waals surface area contributed by atoms with Crippen LogP contribution in [0.3, 0.4) is 0 Å². The highest BCUT2D eigenvalue weighted by Crippen LogP contribution is 2.41. The summed E-state index contributed by atoms with van der Waals surface area (Å²) in [6, 6.07) is 0. The first kappa shape index (κ1) is 14.6. The first-order valence-corrected chi connectivity index (χ1v) is 7.46. The number of aromatic nitrogens is 3. The summed E-state index contributed by atoms with van der Waals surface area (Å²) in [4.78, 5) is 8.57. The standard InChI is InChI=1S/C15H18N4O4/c1-15(22)11(21)9(6-20)23-14(15)19-5-8-3-2-4-16-12-10(8)13(19)18-7-17-12/h2-3,5,7,9,11,14,20-22H,4,6H2,1H3,(H,16,17,18)/t9-,11-,14?,15+/m1/s1. The number of aliphatic hydroxyl groups is 3. The molecular formula is C15H18N4O4. The Morgan fingerprint density at radius 2 is 2.30 bits per heavy atom. The van der Waals surface area contributed by atoms with Crippen LogP contribution in [0, 0.1) is 0 Å². The number of ether oxygens (including phenoxy) is 1. The van der Waals surface area contributed by atoms with Gasteiger partial charge in [0.05, 0.1) is 12.0 Å². The molecule has 0 amide bonds. The molecule has 2 aromatic rings. The molecule has 2 aromatic heterocycles. The third kappa shape index (κ3) is 1.99. The van der Waals surface area contributed by atoms with E-state index in [0.29, 0.717) is 18.0 Å². The van der Waals surface area contributed by atoms with Crippen LogP contribution in [0.15, 0.2) is 18.6 Å². The number of aliphatic hydroxyl groups excluding tert-OH is 2. The second-order valence-electron chi connectivity index (χ2n) is 6.08. The van der Waals surface area contributed by atoms with E-state index in [9.17, 15) is 15.3 Å². The highest BCUT2D eigenvalue weighted by Gasteiger charge is 2.53. The molecular weight excluding hydrogens is 300 g/mol. The summed E-state index contributed by atoms with van der Waals surface area (Å²) in [6.07, 6.45) is 4.29. The molecule has 23 heavy (non-hydrogen) atoms. The van der Waals surface area contributed by atoms with Crippen molar-refractivity contribution in [3.63, 3.8) is 0 Å². The van der Waals surface area contributed by atoms with Crippen LogP contribution < -0.4 is 5.32 Å². The maximum absolute atomic E-state index is 10.7. The van der Waals surface area contributed by atoms with Crippen LogP contribution in [0.1, 0.15) is 18.7 Å². The summed E-state index contributed by atoms with van der Waals surface area (Å²) >= 11 is 0. The van der Waals surface area contributed by atoms with Gasteiger partial charge in [-0.1, -0.05) is 12.2 Å². The summed E-state index contributed by atoms with van der Waals surface area (Å²) in [6.45, 7) is 1.79. The molecule has 2 aliphatic heterocycles. The fourth-order valence-electron chi connectivity index (χ4n) is 3.28. The Morgan fingerprint density at radius 3 is 3.04 bits per heavy atom. The number of hydrogen-bond donors (Lipinski definition) is 4. The quantitative estimate of drug-likeness (QED) is 0.610. The predicted octanol–water partition coefficient (Wildman–Crippen LogP) is -0.128. The van der Waals surface area contributed by atoms with Crippen LogP contribution in [0.25, 0.3) is 17.1 Å². The largest absolute Gasteiger partial charge is 0.394 e. The number of nitrogens with zero attached hydrogens (tertiary/aromatic N) is 3. The molecule has 2 aliphatic rings. The normalized spacial score (nSPS) is 33.0. The number of anilines is 1. The Balaban J connectivity index is 1.90. The lowest BCUT2D eigenvalue weighted by atomic mass is 9.96. The highest BCUT2D eigenvalue weighted by atomic mass is 16.6. The molecule has 8 nitrogen and oxygen atoms in total.